The molecule has 2 N–H and O–H groups in total. The average molecular weight is 383 g/mol. The van der Waals surface area contributed by atoms with Gasteiger partial charge in [-0.3, -0.25) is 9.20 Å². The van der Waals surface area contributed by atoms with Gasteiger partial charge in [0.05, 0.1) is 16.6 Å². The lowest BCUT2D eigenvalue weighted by atomic mass is 10.1. The molecule has 0 aliphatic heterocycles. The summed E-state index contributed by atoms with van der Waals surface area (Å²) in [4.78, 5) is 16.7. The molecule has 4 aromatic rings. The first-order valence-electron chi connectivity index (χ1n) is 9.47. The van der Waals surface area contributed by atoms with Crippen LogP contribution in [0.25, 0.3) is 16.7 Å². The van der Waals surface area contributed by atoms with E-state index >= 15 is 0 Å². The molecule has 2 aromatic carbocycles. The fourth-order valence-corrected chi connectivity index (χ4v) is 3.30. The number of imidazole rings is 1. The summed E-state index contributed by atoms with van der Waals surface area (Å²) in [5.41, 5.74) is 5.34. The molecule has 29 heavy (non-hydrogen) atoms. The molecule has 0 aliphatic rings. The maximum Gasteiger partial charge on any atom is 0.226 e. The molecule has 1 amide bonds. The molecule has 4 rings (SSSR count). The highest BCUT2D eigenvalue weighted by atomic mass is 16.1. The van der Waals surface area contributed by atoms with Crippen LogP contribution in [0.3, 0.4) is 0 Å². The van der Waals surface area contributed by atoms with Crippen molar-refractivity contribution in [1.82, 2.24) is 9.38 Å². The molecule has 144 valence electrons. The molecule has 0 spiro atoms. The Balaban J connectivity index is 1.81. The predicted molar refractivity (Wildman–Crippen MR) is 115 cm³/mol. The molecule has 0 saturated heterocycles. The van der Waals surface area contributed by atoms with Gasteiger partial charge in [-0.05, 0) is 48.9 Å². The SMILES string of the molecule is Cc1cc(Nc2cccc(NC(=O)C(C)C)c2)n2c(nc3ccccc32)c1C#N. The minimum Gasteiger partial charge on any atom is -0.341 e. The number of nitrogens with one attached hydrogen (secondary N) is 2. The Labute approximate surface area is 168 Å². The second kappa shape index (κ2) is 7.28. The van der Waals surface area contributed by atoms with Crippen LogP contribution in [0.5, 0.6) is 0 Å². The van der Waals surface area contributed by atoms with Crippen molar-refractivity contribution in [2.75, 3.05) is 10.6 Å². The lowest BCUT2D eigenvalue weighted by Crippen LogP contribution is -2.17. The molecule has 0 fully saturated rings. The van der Waals surface area contributed by atoms with Gasteiger partial charge in [-0.1, -0.05) is 32.0 Å². The molecular formula is C23H21N5O. The highest BCUT2D eigenvalue weighted by molar-refractivity contribution is 5.92. The highest BCUT2D eigenvalue weighted by Gasteiger charge is 2.15. The van der Waals surface area contributed by atoms with Gasteiger partial charge < -0.3 is 10.6 Å². The van der Waals surface area contributed by atoms with E-state index in [0.717, 1.165) is 33.8 Å². The van der Waals surface area contributed by atoms with Crippen molar-refractivity contribution in [3.63, 3.8) is 0 Å². The van der Waals surface area contributed by atoms with Gasteiger partial charge in [-0.15, -0.1) is 0 Å². The van der Waals surface area contributed by atoms with E-state index in [4.69, 9.17) is 0 Å². The molecule has 6 nitrogen and oxygen atoms in total. The molecule has 2 aromatic heterocycles. The maximum atomic E-state index is 12.0. The van der Waals surface area contributed by atoms with Crippen LogP contribution < -0.4 is 10.6 Å². The van der Waals surface area contributed by atoms with Gasteiger partial charge in [0, 0.05) is 17.3 Å². The summed E-state index contributed by atoms with van der Waals surface area (Å²) in [5, 5.41) is 16.0. The van der Waals surface area contributed by atoms with Crippen LogP contribution >= 0.6 is 0 Å². The lowest BCUT2D eigenvalue weighted by Gasteiger charge is -2.14. The molecule has 2 heterocycles. The second-order valence-corrected chi connectivity index (χ2v) is 7.31. The van der Waals surface area contributed by atoms with Gasteiger partial charge in [0.15, 0.2) is 5.65 Å². The number of aromatic nitrogens is 2. The average Bonchev–Trinajstić information content (AvgIpc) is 3.08. The fourth-order valence-electron chi connectivity index (χ4n) is 3.30. The van der Waals surface area contributed by atoms with Crippen molar-refractivity contribution >= 4 is 39.8 Å². The largest absolute Gasteiger partial charge is 0.341 e. The van der Waals surface area contributed by atoms with Crippen molar-refractivity contribution in [2.45, 2.75) is 20.8 Å². The quantitative estimate of drug-likeness (QED) is 0.519. The van der Waals surface area contributed by atoms with Crippen LogP contribution in [0.15, 0.2) is 54.6 Å². The van der Waals surface area contributed by atoms with Crippen molar-refractivity contribution in [3.8, 4) is 6.07 Å². The molecule has 0 bridgehead atoms. The van der Waals surface area contributed by atoms with E-state index in [2.05, 4.69) is 21.7 Å². The van der Waals surface area contributed by atoms with Crippen molar-refractivity contribution in [1.29, 1.82) is 5.26 Å². The lowest BCUT2D eigenvalue weighted by molar-refractivity contribution is -0.118. The number of anilines is 3. The number of nitriles is 1. The van der Waals surface area contributed by atoms with Crippen molar-refractivity contribution in [3.05, 3.63) is 65.7 Å². The maximum absolute atomic E-state index is 12.0. The molecular weight excluding hydrogens is 362 g/mol. The Morgan fingerprint density at radius 2 is 1.86 bits per heavy atom. The van der Waals surface area contributed by atoms with E-state index in [1.165, 1.54) is 0 Å². The number of pyridine rings is 1. The molecule has 0 atom stereocenters. The second-order valence-electron chi connectivity index (χ2n) is 7.31. The van der Waals surface area contributed by atoms with Gasteiger partial charge in [0.25, 0.3) is 0 Å². The van der Waals surface area contributed by atoms with Crippen LogP contribution in [-0.4, -0.2) is 15.3 Å². The Morgan fingerprint density at radius 3 is 2.62 bits per heavy atom. The first kappa shape index (κ1) is 18.5. The number of carbonyl (C=O) groups is 1. The smallest absolute Gasteiger partial charge is 0.226 e. The number of fused-ring (bicyclic) bond motifs is 3. The molecule has 0 unspecified atom stereocenters. The van der Waals surface area contributed by atoms with Gasteiger partial charge >= 0.3 is 0 Å². The van der Waals surface area contributed by atoms with E-state index in [0.29, 0.717) is 11.2 Å². The summed E-state index contributed by atoms with van der Waals surface area (Å²) in [5.74, 6) is 0.682. The van der Waals surface area contributed by atoms with E-state index in [9.17, 15) is 10.1 Å². The Bertz CT molecular complexity index is 1280. The van der Waals surface area contributed by atoms with Crippen LogP contribution in [0.2, 0.25) is 0 Å². The number of para-hydroxylation sites is 2. The summed E-state index contributed by atoms with van der Waals surface area (Å²) < 4.78 is 1.96. The standard InChI is InChI=1S/C23H21N5O/c1-14(2)23(29)26-17-8-6-7-16(12-17)25-21-11-15(3)18(13-24)22-27-19-9-4-5-10-20(19)28(21)22/h4-12,14,25H,1-3H3,(H,26,29). The van der Waals surface area contributed by atoms with E-state index in [1.807, 2.05) is 79.8 Å². The summed E-state index contributed by atoms with van der Waals surface area (Å²) in [6, 6.07) is 19.6. The van der Waals surface area contributed by atoms with Crippen LogP contribution in [0.1, 0.15) is 25.0 Å². The molecule has 0 saturated carbocycles. The number of benzene rings is 2. The van der Waals surface area contributed by atoms with Crippen molar-refractivity contribution < 1.29 is 4.79 Å². The number of rotatable bonds is 4. The molecule has 0 radical (unpaired) electrons. The third-order valence-electron chi connectivity index (χ3n) is 4.81. The molecule has 0 aliphatic carbocycles. The molecule has 6 heteroatoms. The third kappa shape index (κ3) is 3.39. The van der Waals surface area contributed by atoms with Crippen LogP contribution in [-0.2, 0) is 4.79 Å². The minimum atomic E-state index is -0.0928. The Hall–Kier alpha value is -3.85. The fraction of sp³-hybridized carbons (Fsp3) is 0.174. The summed E-state index contributed by atoms with van der Waals surface area (Å²) in [6.45, 7) is 5.62. The Morgan fingerprint density at radius 1 is 1.10 bits per heavy atom. The number of amides is 1. The zero-order chi connectivity index (χ0) is 20.5. The van der Waals surface area contributed by atoms with E-state index in [-0.39, 0.29) is 11.8 Å². The minimum absolute atomic E-state index is 0.0284. The summed E-state index contributed by atoms with van der Waals surface area (Å²) >= 11 is 0. The van der Waals surface area contributed by atoms with Gasteiger partial charge in [0.1, 0.15) is 11.9 Å². The zero-order valence-electron chi connectivity index (χ0n) is 16.5. The van der Waals surface area contributed by atoms with Crippen molar-refractivity contribution in [2.24, 2.45) is 5.92 Å². The number of aryl methyl sites for hydroxylation is 1. The predicted octanol–water partition coefficient (Wildman–Crippen LogP) is 5.01. The van der Waals surface area contributed by atoms with Crippen LogP contribution in [0.4, 0.5) is 17.2 Å². The number of carbonyl (C=O) groups excluding carboxylic acids is 1. The van der Waals surface area contributed by atoms with E-state index in [1.54, 1.807) is 0 Å². The normalized spacial score (nSPS) is 11.0. The van der Waals surface area contributed by atoms with Gasteiger partial charge in [0.2, 0.25) is 5.91 Å². The highest BCUT2D eigenvalue weighted by Crippen LogP contribution is 2.29. The van der Waals surface area contributed by atoms with E-state index < -0.39 is 0 Å². The Kier molecular flexibility index (Phi) is 4.65. The number of hydrogen-bond donors (Lipinski definition) is 2. The first-order chi connectivity index (χ1) is 14.0. The monoisotopic (exact) mass is 383 g/mol. The first-order valence-corrected chi connectivity index (χ1v) is 9.47. The van der Waals surface area contributed by atoms with Gasteiger partial charge in [-0.2, -0.15) is 5.26 Å². The van der Waals surface area contributed by atoms with Gasteiger partial charge in [-0.25, -0.2) is 4.98 Å². The third-order valence-corrected chi connectivity index (χ3v) is 4.81. The van der Waals surface area contributed by atoms with Crippen LogP contribution in [0, 0.1) is 24.2 Å². The number of hydrogen-bond acceptors (Lipinski definition) is 4. The topological polar surface area (TPSA) is 82.2 Å². The summed E-state index contributed by atoms with van der Waals surface area (Å²) in [7, 11) is 0. The number of nitrogens with zero attached hydrogens (tertiary/aromatic N) is 3. The summed E-state index contributed by atoms with van der Waals surface area (Å²) in [6.07, 6.45) is 0. The zero-order valence-corrected chi connectivity index (χ0v) is 16.5.